The predicted octanol–water partition coefficient (Wildman–Crippen LogP) is 1.62. The number of benzene rings is 1. The fraction of sp³-hybridized carbons (Fsp3) is 0.556. The van der Waals surface area contributed by atoms with Crippen molar-refractivity contribution < 1.29 is 9.53 Å². The Kier molecular flexibility index (Phi) is 7.84. The minimum Gasteiger partial charge on any atom is -0.495 e. The van der Waals surface area contributed by atoms with Crippen molar-refractivity contribution in [2.75, 3.05) is 44.7 Å². The molecule has 8 heteroatoms. The third-order valence-corrected chi connectivity index (χ3v) is 4.35. The van der Waals surface area contributed by atoms with Gasteiger partial charge in [-0.3, -0.25) is 9.79 Å². The fourth-order valence-electron chi connectivity index (χ4n) is 2.92. The summed E-state index contributed by atoms with van der Waals surface area (Å²) in [5, 5.41) is 10.2. The number of amides is 1. The maximum absolute atomic E-state index is 10.9. The summed E-state index contributed by atoms with van der Waals surface area (Å²) < 4.78 is 5.46. The molecule has 0 saturated carbocycles. The summed E-state index contributed by atoms with van der Waals surface area (Å²) in [6.07, 6.45) is 0.992. The number of rotatable bonds is 7. The molecule has 0 radical (unpaired) electrons. The molecule has 3 N–H and O–H groups in total. The Bertz CT molecular complexity index is 638. The van der Waals surface area contributed by atoms with Gasteiger partial charge in [-0.15, -0.1) is 0 Å². The zero-order valence-electron chi connectivity index (χ0n) is 15.6. The number of nitrogens with zero attached hydrogens (tertiary/aromatic N) is 2. The van der Waals surface area contributed by atoms with Crippen molar-refractivity contribution >= 4 is 29.2 Å². The van der Waals surface area contributed by atoms with Gasteiger partial charge in [-0.2, -0.15) is 0 Å². The fourth-order valence-corrected chi connectivity index (χ4v) is 3.09. The number of hydrogen-bond acceptors (Lipinski definition) is 4. The van der Waals surface area contributed by atoms with Crippen LogP contribution >= 0.6 is 11.6 Å². The number of nitrogens with one attached hydrogen (secondary N) is 3. The highest BCUT2D eigenvalue weighted by Gasteiger charge is 2.25. The summed E-state index contributed by atoms with van der Waals surface area (Å²) >= 11 is 6.15. The van der Waals surface area contributed by atoms with Crippen LogP contribution in [0, 0.1) is 0 Å². The summed E-state index contributed by atoms with van der Waals surface area (Å²) in [6, 6.07) is 5.94. The van der Waals surface area contributed by atoms with Gasteiger partial charge in [0.1, 0.15) is 5.75 Å². The van der Waals surface area contributed by atoms with Gasteiger partial charge in [0.25, 0.3) is 0 Å². The molecular formula is C18H28ClN5O2. The summed E-state index contributed by atoms with van der Waals surface area (Å²) in [5.41, 5.74) is 1.01. The molecule has 0 spiro atoms. The van der Waals surface area contributed by atoms with Crippen LogP contribution < -0.4 is 25.6 Å². The molecule has 26 heavy (non-hydrogen) atoms. The first kappa shape index (κ1) is 20.2. The van der Waals surface area contributed by atoms with Crippen molar-refractivity contribution in [1.29, 1.82) is 0 Å². The highest BCUT2D eigenvalue weighted by molar-refractivity contribution is 6.30. The molecule has 1 fully saturated rings. The highest BCUT2D eigenvalue weighted by Crippen LogP contribution is 2.33. The zero-order valence-corrected chi connectivity index (χ0v) is 16.4. The molecular weight excluding hydrogens is 354 g/mol. The SMILES string of the molecule is CCNC(=NCCNC(C)=O)NC1CCN(c2cc(Cl)ccc2OC)C1. The van der Waals surface area contributed by atoms with E-state index in [-0.39, 0.29) is 11.9 Å². The molecule has 2 rings (SSSR count). The molecule has 1 amide bonds. The molecule has 1 aliphatic heterocycles. The lowest BCUT2D eigenvalue weighted by Crippen LogP contribution is -2.45. The molecule has 7 nitrogen and oxygen atoms in total. The number of methoxy groups -OCH3 is 1. The standard InChI is InChI=1S/C18H28ClN5O2/c1-4-20-18(22-9-8-21-13(2)25)23-15-7-10-24(12-15)16-11-14(19)5-6-17(16)26-3/h5-6,11,15H,4,7-10,12H2,1-3H3,(H,21,25)(H2,20,22,23). The summed E-state index contributed by atoms with van der Waals surface area (Å²) in [7, 11) is 1.67. The van der Waals surface area contributed by atoms with E-state index >= 15 is 0 Å². The monoisotopic (exact) mass is 381 g/mol. The Morgan fingerprint density at radius 3 is 2.92 bits per heavy atom. The number of aliphatic imine (C=N–C) groups is 1. The van der Waals surface area contributed by atoms with Crippen molar-refractivity contribution in [3.63, 3.8) is 0 Å². The Morgan fingerprint density at radius 2 is 2.23 bits per heavy atom. The van der Waals surface area contributed by atoms with E-state index in [1.165, 1.54) is 6.92 Å². The summed E-state index contributed by atoms with van der Waals surface area (Å²) in [5.74, 6) is 1.55. The minimum atomic E-state index is -0.0416. The number of halogens is 1. The van der Waals surface area contributed by atoms with Gasteiger partial charge in [-0.1, -0.05) is 11.6 Å². The van der Waals surface area contributed by atoms with E-state index in [1.54, 1.807) is 7.11 Å². The highest BCUT2D eigenvalue weighted by atomic mass is 35.5. The average molecular weight is 382 g/mol. The first-order valence-corrected chi connectivity index (χ1v) is 9.29. The van der Waals surface area contributed by atoms with E-state index in [9.17, 15) is 4.79 Å². The lowest BCUT2D eigenvalue weighted by Gasteiger charge is -2.22. The van der Waals surface area contributed by atoms with E-state index in [0.717, 1.165) is 43.5 Å². The number of carbonyl (C=O) groups is 1. The topological polar surface area (TPSA) is 78.0 Å². The minimum absolute atomic E-state index is 0.0416. The number of guanidine groups is 1. The van der Waals surface area contributed by atoms with Gasteiger partial charge >= 0.3 is 0 Å². The van der Waals surface area contributed by atoms with E-state index < -0.39 is 0 Å². The van der Waals surface area contributed by atoms with Crippen molar-refractivity contribution in [2.24, 2.45) is 4.99 Å². The smallest absolute Gasteiger partial charge is 0.216 e. The third-order valence-electron chi connectivity index (χ3n) is 4.11. The first-order valence-electron chi connectivity index (χ1n) is 8.91. The van der Waals surface area contributed by atoms with Gasteiger partial charge in [-0.25, -0.2) is 0 Å². The lowest BCUT2D eigenvalue weighted by molar-refractivity contribution is -0.118. The van der Waals surface area contributed by atoms with Crippen LogP contribution in [0.25, 0.3) is 0 Å². The summed E-state index contributed by atoms with van der Waals surface area (Å²) in [4.78, 5) is 17.7. The van der Waals surface area contributed by atoms with Gasteiger partial charge in [0.15, 0.2) is 5.96 Å². The van der Waals surface area contributed by atoms with Gasteiger partial charge in [-0.05, 0) is 31.5 Å². The van der Waals surface area contributed by atoms with Crippen LogP contribution in [-0.4, -0.2) is 57.7 Å². The molecule has 1 unspecified atom stereocenters. The lowest BCUT2D eigenvalue weighted by atomic mass is 10.2. The second-order valence-corrected chi connectivity index (χ2v) is 6.57. The second kappa shape index (κ2) is 10.1. The van der Waals surface area contributed by atoms with Crippen LogP contribution in [-0.2, 0) is 4.79 Å². The molecule has 1 aromatic rings. The summed E-state index contributed by atoms with van der Waals surface area (Å²) in [6.45, 7) is 7.14. The third kappa shape index (κ3) is 5.98. The number of anilines is 1. The average Bonchev–Trinajstić information content (AvgIpc) is 3.07. The van der Waals surface area contributed by atoms with Crippen molar-refractivity contribution in [2.45, 2.75) is 26.3 Å². The molecule has 1 saturated heterocycles. The van der Waals surface area contributed by atoms with Crippen molar-refractivity contribution in [3.05, 3.63) is 23.2 Å². The van der Waals surface area contributed by atoms with Gasteiger partial charge in [0.05, 0.1) is 19.3 Å². The molecule has 1 heterocycles. The normalized spacial score (nSPS) is 17.2. The van der Waals surface area contributed by atoms with Gasteiger partial charge in [0, 0.05) is 44.2 Å². The molecule has 0 bridgehead atoms. The van der Waals surface area contributed by atoms with Gasteiger partial charge in [0.2, 0.25) is 5.91 Å². The van der Waals surface area contributed by atoms with Crippen LogP contribution in [0.1, 0.15) is 20.3 Å². The Labute approximate surface area is 160 Å². The zero-order chi connectivity index (χ0) is 18.9. The maximum atomic E-state index is 10.9. The predicted molar refractivity (Wildman–Crippen MR) is 106 cm³/mol. The van der Waals surface area contributed by atoms with Crippen molar-refractivity contribution in [1.82, 2.24) is 16.0 Å². The molecule has 0 aromatic heterocycles. The van der Waals surface area contributed by atoms with Crippen LogP contribution in [0.15, 0.2) is 23.2 Å². The first-order chi connectivity index (χ1) is 12.5. The van der Waals surface area contributed by atoms with E-state index in [2.05, 4.69) is 25.8 Å². The van der Waals surface area contributed by atoms with Crippen LogP contribution in [0.4, 0.5) is 5.69 Å². The maximum Gasteiger partial charge on any atom is 0.216 e. The molecule has 144 valence electrons. The van der Waals surface area contributed by atoms with Crippen LogP contribution in [0.2, 0.25) is 5.02 Å². The Morgan fingerprint density at radius 1 is 1.42 bits per heavy atom. The number of hydrogen-bond donors (Lipinski definition) is 3. The Balaban J connectivity index is 1.95. The number of carbonyl (C=O) groups excluding carboxylic acids is 1. The second-order valence-electron chi connectivity index (χ2n) is 6.14. The largest absolute Gasteiger partial charge is 0.495 e. The van der Waals surface area contributed by atoms with Gasteiger partial charge < -0.3 is 25.6 Å². The van der Waals surface area contributed by atoms with E-state index in [0.29, 0.717) is 18.1 Å². The van der Waals surface area contributed by atoms with E-state index in [1.807, 2.05) is 25.1 Å². The molecule has 0 aliphatic carbocycles. The molecule has 1 aliphatic rings. The van der Waals surface area contributed by atoms with Crippen LogP contribution in [0.5, 0.6) is 5.75 Å². The van der Waals surface area contributed by atoms with Crippen molar-refractivity contribution in [3.8, 4) is 5.75 Å². The number of ether oxygens (including phenoxy) is 1. The quantitative estimate of drug-likeness (QED) is 0.380. The molecule has 1 aromatic carbocycles. The Hall–Kier alpha value is -2.15. The molecule has 1 atom stereocenters. The van der Waals surface area contributed by atoms with Crippen LogP contribution in [0.3, 0.4) is 0 Å². The van der Waals surface area contributed by atoms with E-state index in [4.69, 9.17) is 16.3 Å².